The second kappa shape index (κ2) is 12.7. The molecule has 1 aromatic carbocycles. The summed E-state index contributed by atoms with van der Waals surface area (Å²) in [6.07, 6.45) is 1.78. The molecule has 3 heterocycles. The molecular formula is C25H33N8O6P. The summed E-state index contributed by atoms with van der Waals surface area (Å²) in [5, 5.41) is 11.0. The molecule has 2 aromatic heterocycles. The lowest BCUT2D eigenvalue weighted by atomic mass is 9.91. The molecule has 3 aromatic rings. The van der Waals surface area contributed by atoms with Gasteiger partial charge in [0.2, 0.25) is 0 Å². The molecule has 0 radical (unpaired) electrons. The van der Waals surface area contributed by atoms with Crippen molar-refractivity contribution in [3.8, 4) is 5.75 Å². The first-order valence-electron chi connectivity index (χ1n) is 12.9. The summed E-state index contributed by atoms with van der Waals surface area (Å²) in [5.41, 5.74) is 15.4. The highest BCUT2D eigenvalue weighted by molar-refractivity contribution is 7.52. The van der Waals surface area contributed by atoms with Gasteiger partial charge >= 0.3 is 13.7 Å². The number of rotatable bonds is 13. The SMILES string of the molecule is CCCCOC(=O)[C@H](C)NP(=O)(OC[C@@H]1C[C@@](C)(N=[N+]=[N-])[C@H](c2ccc3c(N)ncnn23)O1)Oc1ccccc1. The third-order valence-electron chi connectivity index (χ3n) is 6.43. The summed E-state index contributed by atoms with van der Waals surface area (Å²) in [6, 6.07) is 11.0. The summed E-state index contributed by atoms with van der Waals surface area (Å²) >= 11 is 0. The van der Waals surface area contributed by atoms with Gasteiger partial charge in [0.05, 0.1) is 30.6 Å². The number of aromatic nitrogens is 3. The van der Waals surface area contributed by atoms with Crippen LogP contribution in [0.3, 0.4) is 0 Å². The van der Waals surface area contributed by atoms with Crippen molar-refractivity contribution in [1.29, 1.82) is 0 Å². The Hall–Kier alpha value is -3.67. The Labute approximate surface area is 231 Å². The molecule has 1 aliphatic heterocycles. The lowest BCUT2D eigenvalue weighted by molar-refractivity contribution is -0.145. The van der Waals surface area contributed by atoms with Gasteiger partial charge in [-0.3, -0.25) is 9.32 Å². The first kappa shape index (κ1) is 29.3. The van der Waals surface area contributed by atoms with Crippen molar-refractivity contribution in [2.24, 2.45) is 5.11 Å². The number of azide groups is 1. The predicted molar refractivity (Wildman–Crippen MR) is 146 cm³/mol. The summed E-state index contributed by atoms with van der Waals surface area (Å²) in [4.78, 5) is 19.5. The first-order chi connectivity index (χ1) is 19.2. The number of nitrogens with zero attached hydrogens (tertiary/aromatic N) is 6. The van der Waals surface area contributed by atoms with Gasteiger partial charge < -0.3 is 19.7 Å². The van der Waals surface area contributed by atoms with E-state index in [4.69, 9.17) is 24.3 Å². The topological polar surface area (TPSA) is 188 Å². The van der Waals surface area contributed by atoms with E-state index in [1.807, 2.05) is 6.92 Å². The molecule has 0 spiro atoms. The van der Waals surface area contributed by atoms with Crippen molar-refractivity contribution < 1.29 is 27.9 Å². The van der Waals surface area contributed by atoms with Crippen LogP contribution in [0.25, 0.3) is 16.0 Å². The number of nitrogens with two attached hydrogens (primary N) is 1. The van der Waals surface area contributed by atoms with Gasteiger partial charge in [0, 0.05) is 4.91 Å². The molecule has 0 saturated carbocycles. The highest BCUT2D eigenvalue weighted by atomic mass is 31.2. The highest BCUT2D eigenvalue weighted by Gasteiger charge is 2.48. The van der Waals surface area contributed by atoms with Gasteiger partial charge in [0.15, 0.2) is 5.82 Å². The number of ether oxygens (including phenoxy) is 2. The number of carbonyl (C=O) groups is 1. The summed E-state index contributed by atoms with van der Waals surface area (Å²) in [6.45, 7) is 5.32. The van der Waals surface area contributed by atoms with Crippen molar-refractivity contribution in [2.75, 3.05) is 18.9 Å². The Morgan fingerprint density at radius 1 is 1.38 bits per heavy atom. The molecule has 15 heteroatoms. The van der Waals surface area contributed by atoms with Crippen LogP contribution in [0.5, 0.6) is 5.75 Å². The average Bonchev–Trinajstić information content (AvgIpc) is 3.49. The Morgan fingerprint density at radius 2 is 2.15 bits per heavy atom. The fraction of sp³-hybridized carbons (Fsp3) is 0.480. The number of anilines is 1. The van der Waals surface area contributed by atoms with E-state index >= 15 is 0 Å². The Kier molecular flexibility index (Phi) is 9.28. The lowest BCUT2D eigenvalue weighted by Crippen LogP contribution is -2.36. The molecule has 1 fully saturated rings. The van der Waals surface area contributed by atoms with Gasteiger partial charge in [-0.1, -0.05) is 43.6 Å². The fourth-order valence-corrected chi connectivity index (χ4v) is 5.95. The smallest absolute Gasteiger partial charge is 0.459 e. The molecule has 1 unspecified atom stereocenters. The van der Waals surface area contributed by atoms with Crippen LogP contribution in [0.15, 0.2) is 53.9 Å². The monoisotopic (exact) mass is 572 g/mol. The highest BCUT2D eigenvalue weighted by Crippen LogP contribution is 2.48. The van der Waals surface area contributed by atoms with Crippen LogP contribution in [0.1, 0.15) is 51.8 Å². The number of fused-ring (bicyclic) bond motifs is 1. The maximum absolute atomic E-state index is 13.9. The largest absolute Gasteiger partial charge is 0.465 e. The number of carbonyl (C=O) groups excluding carboxylic acids is 1. The second-order valence-electron chi connectivity index (χ2n) is 9.66. The van der Waals surface area contributed by atoms with Crippen LogP contribution in [-0.2, 0) is 23.4 Å². The molecule has 4 rings (SSSR count). The lowest BCUT2D eigenvalue weighted by Gasteiger charge is -2.24. The van der Waals surface area contributed by atoms with Gasteiger partial charge in [0.1, 0.15) is 29.7 Å². The molecule has 40 heavy (non-hydrogen) atoms. The quantitative estimate of drug-likeness (QED) is 0.0723. The van der Waals surface area contributed by atoms with Crippen LogP contribution < -0.4 is 15.3 Å². The van der Waals surface area contributed by atoms with Gasteiger partial charge in [-0.15, -0.1) is 0 Å². The minimum Gasteiger partial charge on any atom is -0.465 e. The van der Waals surface area contributed by atoms with E-state index in [9.17, 15) is 14.9 Å². The van der Waals surface area contributed by atoms with Crippen LogP contribution in [0.4, 0.5) is 5.82 Å². The maximum atomic E-state index is 13.9. The van der Waals surface area contributed by atoms with E-state index in [1.165, 1.54) is 13.3 Å². The number of benzene rings is 1. The maximum Gasteiger partial charge on any atom is 0.459 e. The van der Waals surface area contributed by atoms with Crippen LogP contribution in [0, 0.1) is 0 Å². The number of hydrogen-bond acceptors (Lipinski definition) is 10. The summed E-state index contributed by atoms with van der Waals surface area (Å²) < 4.78 is 38.5. The number of nitrogens with one attached hydrogen (secondary N) is 1. The molecule has 1 saturated heterocycles. The third-order valence-corrected chi connectivity index (χ3v) is 8.08. The van der Waals surface area contributed by atoms with E-state index < -0.39 is 37.5 Å². The normalized spacial score (nSPS) is 22.8. The molecule has 3 N–H and O–H groups in total. The summed E-state index contributed by atoms with van der Waals surface area (Å²) in [7, 11) is -4.10. The van der Waals surface area contributed by atoms with Crippen LogP contribution in [-0.4, -0.2) is 51.5 Å². The van der Waals surface area contributed by atoms with E-state index in [0.717, 1.165) is 6.42 Å². The Bertz CT molecular complexity index is 1410. The molecular weight excluding hydrogens is 539 g/mol. The predicted octanol–water partition coefficient (Wildman–Crippen LogP) is 4.74. The average molecular weight is 573 g/mol. The van der Waals surface area contributed by atoms with Crippen molar-refractivity contribution in [1.82, 2.24) is 19.7 Å². The van der Waals surface area contributed by atoms with Crippen molar-refractivity contribution in [3.63, 3.8) is 0 Å². The second-order valence-corrected chi connectivity index (χ2v) is 11.4. The zero-order chi connectivity index (χ0) is 28.8. The molecule has 14 nitrogen and oxygen atoms in total. The Morgan fingerprint density at radius 3 is 2.88 bits per heavy atom. The first-order valence-corrected chi connectivity index (χ1v) is 14.5. The number of nitrogen functional groups attached to an aromatic ring is 1. The van der Waals surface area contributed by atoms with Crippen LogP contribution in [0.2, 0.25) is 0 Å². The Balaban J connectivity index is 1.53. The van der Waals surface area contributed by atoms with Crippen molar-refractivity contribution >= 4 is 25.1 Å². The minimum atomic E-state index is -4.10. The molecule has 0 aliphatic carbocycles. The molecule has 1 aliphatic rings. The van der Waals surface area contributed by atoms with Gasteiger partial charge in [-0.05, 0) is 49.6 Å². The minimum absolute atomic E-state index is 0.192. The molecule has 0 bridgehead atoms. The number of unbranched alkanes of at least 4 members (excludes halogenated alkanes) is 1. The zero-order valence-electron chi connectivity index (χ0n) is 22.5. The van der Waals surface area contributed by atoms with Gasteiger partial charge in [0.25, 0.3) is 0 Å². The number of para-hydroxylation sites is 1. The number of esters is 1. The fourth-order valence-electron chi connectivity index (χ4n) is 4.43. The van der Waals surface area contributed by atoms with Crippen LogP contribution >= 0.6 is 7.75 Å². The molecule has 0 amide bonds. The van der Waals surface area contributed by atoms with E-state index in [-0.39, 0.29) is 31.2 Å². The van der Waals surface area contributed by atoms with Gasteiger partial charge in [-0.2, -0.15) is 10.2 Å². The standard InChI is InChI=1S/C25H33N8O6P/c1-4-5-13-36-24(34)17(2)30-40(35,39-18-9-7-6-8-10-18)37-15-19-14-25(3,31-32-27)22(38-19)20-11-12-21-23(26)28-16-29-33(20)21/h6-12,16-17,19,22H,4-5,13-15H2,1-3H3,(H,30,35)(H2,26,28,29)/t17-,19-,22-,25+,40?/m0/s1. The summed E-state index contributed by atoms with van der Waals surface area (Å²) in [5.74, 6) is -0.00796. The zero-order valence-corrected chi connectivity index (χ0v) is 23.4. The van der Waals surface area contributed by atoms with Crippen molar-refractivity contribution in [2.45, 2.75) is 63.8 Å². The van der Waals surface area contributed by atoms with Crippen molar-refractivity contribution in [3.05, 3.63) is 64.9 Å². The van der Waals surface area contributed by atoms with E-state index in [1.54, 1.807) is 53.9 Å². The third kappa shape index (κ3) is 6.72. The number of hydrogen-bond donors (Lipinski definition) is 2. The van der Waals surface area contributed by atoms with Gasteiger partial charge in [-0.25, -0.2) is 14.1 Å². The molecule has 214 valence electrons. The van der Waals surface area contributed by atoms with E-state index in [0.29, 0.717) is 17.6 Å². The molecule has 5 atom stereocenters. The van der Waals surface area contributed by atoms with E-state index in [2.05, 4.69) is 25.2 Å².